The third-order valence-corrected chi connectivity index (χ3v) is 7.79. The number of aromatic nitrogens is 1. The number of hydrogen-bond acceptors (Lipinski definition) is 8. The number of hydrogen-bond donors (Lipinski definition) is 2. The summed E-state index contributed by atoms with van der Waals surface area (Å²) in [6.45, 7) is 1.86. The van der Waals surface area contributed by atoms with E-state index in [-0.39, 0.29) is 17.0 Å². The lowest BCUT2D eigenvalue weighted by Crippen LogP contribution is -2.25. The van der Waals surface area contributed by atoms with E-state index >= 15 is 0 Å². The van der Waals surface area contributed by atoms with E-state index < -0.39 is 11.2 Å². The van der Waals surface area contributed by atoms with Gasteiger partial charge in [0.25, 0.3) is 0 Å². The highest BCUT2D eigenvalue weighted by Gasteiger charge is 2.25. The number of methoxy groups -OCH3 is 3. The number of benzene rings is 3. The standard InChI is InChI=1S/C32H29N3O6S/c1-5-28(30(36)34-22-13-9-12-20(14-22)32(37)38)42-31-24(18-33)23(17-25(35-31)19-10-7-6-8-11-19)21-15-26(39-2)29(41-4)27(16-21)40-3/h6-17,28H,5H2,1-4H3,(H,34,36)(H,37,38). The predicted octanol–water partition coefficient (Wildman–Crippen LogP) is 6.52. The minimum absolute atomic E-state index is 0.0625. The van der Waals surface area contributed by atoms with Crippen molar-refractivity contribution in [2.75, 3.05) is 26.6 Å². The number of amides is 1. The van der Waals surface area contributed by atoms with Crippen molar-refractivity contribution < 1.29 is 28.9 Å². The van der Waals surface area contributed by atoms with Crippen LogP contribution >= 0.6 is 11.8 Å². The molecule has 0 aliphatic carbocycles. The number of nitrogens with one attached hydrogen (secondary N) is 1. The molecule has 0 saturated carbocycles. The quantitative estimate of drug-likeness (QED) is 0.189. The third-order valence-electron chi connectivity index (χ3n) is 6.44. The first kappa shape index (κ1) is 30.0. The number of rotatable bonds is 11. The van der Waals surface area contributed by atoms with Crippen LogP contribution in [0.4, 0.5) is 5.69 Å². The molecule has 0 aliphatic rings. The summed E-state index contributed by atoms with van der Waals surface area (Å²) in [6, 6.07) is 23.2. The topological polar surface area (TPSA) is 131 Å². The number of ether oxygens (including phenoxy) is 3. The molecule has 214 valence electrons. The molecule has 1 aromatic heterocycles. The van der Waals surface area contributed by atoms with Gasteiger partial charge in [-0.2, -0.15) is 5.26 Å². The summed E-state index contributed by atoms with van der Waals surface area (Å²) in [4.78, 5) is 29.5. The first-order valence-corrected chi connectivity index (χ1v) is 13.8. The molecule has 4 rings (SSSR count). The number of carboxylic acids is 1. The van der Waals surface area contributed by atoms with E-state index in [1.54, 1.807) is 24.3 Å². The van der Waals surface area contributed by atoms with Gasteiger partial charge in [0.2, 0.25) is 11.7 Å². The highest BCUT2D eigenvalue weighted by Crippen LogP contribution is 2.44. The lowest BCUT2D eigenvalue weighted by Gasteiger charge is -2.19. The molecule has 9 nitrogen and oxygen atoms in total. The van der Waals surface area contributed by atoms with Gasteiger partial charge in [-0.1, -0.05) is 55.1 Å². The number of carboxylic acid groups (broad SMARTS) is 1. The summed E-state index contributed by atoms with van der Waals surface area (Å²) in [5, 5.41) is 22.2. The van der Waals surface area contributed by atoms with Gasteiger partial charge in [0.1, 0.15) is 11.1 Å². The molecule has 0 fully saturated rings. The number of carbonyl (C=O) groups is 2. The second-order valence-electron chi connectivity index (χ2n) is 9.02. The average molecular weight is 584 g/mol. The van der Waals surface area contributed by atoms with Gasteiger partial charge in [0.05, 0.1) is 43.4 Å². The Morgan fingerprint density at radius 3 is 2.21 bits per heavy atom. The number of thioether (sulfide) groups is 1. The maximum atomic E-state index is 13.3. The normalized spacial score (nSPS) is 11.2. The van der Waals surface area contributed by atoms with Crippen molar-refractivity contribution in [3.8, 4) is 45.7 Å². The molecule has 0 aliphatic heterocycles. The molecule has 1 heterocycles. The number of aromatic carboxylic acids is 1. The highest BCUT2D eigenvalue weighted by atomic mass is 32.2. The van der Waals surface area contributed by atoms with Crippen molar-refractivity contribution in [2.45, 2.75) is 23.6 Å². The fourth-order valence-electron chi connectivity index (χ4n) is 4.35. The Labute approximate surface area is 248 Å². The number of carbonyl (C=O) groups excluding carboxylic acids is 1. The van der Waals surface area contributed by atoms with Crippen LogP contribution in [-0.2, 0) is 4.79 Å². The minimum Gasteiger partial charge on any atom is -0.493 e. The van der Waals surface area contributed by atoms with Crippen molar-refractivity contribution >= 4 is 29.3 Å². The van der Waals surface area contributed by atoms with Crippen molar-refractivity contribution in [1.82, 2.24) is 4.98 Å². The second kappa shape index (κ2) is 13.6. The van der Waals surface area contributed by atoms with Gasteiger partial charge in [-0.15, -0.1) is 0 Å². The van der Waals surface area contributed by atoms with E-state index in [1.807, 2.05) is 43.3 Å². The molecular weight excluding hydrogens is 554 g/mol. The van der Waals surface area contributed by atoms with Crippen molar-refractivity contribution in [3.05, 3.63) is 83.9 Å². The number of pyridine rings is 1. The van der Waals surface area contributed by atoms with E-state index in [1.165, 1.54) is 45.2 Å². The molecule has 4 aromatic rings. The van der Waals surface area contributed by atoms with Crippen LogP contribution in [0.5, 0.6) is 17.2 Å². The molecule has 0 saturated heterocycles. The summed E-state index contributed by atoms with van der Waals surface area (Å²) in [7, 11) is 4.56. The lowest BCUT2D eigenvalue weighted by molar-refractivity contribution is -0.115. The van der Waals surface area contributed by atoms with Gasteiger partial charge in [-0.05, 0) is 48.4 Å². The molecular formula is C32H29N3O6S. The summed E-state index contributed by atoms with van der Waals surface area (Å²) in [5.41, 5.74) is 3.39. The lowest BCUT2D eigenvalue weighted by atomic mass is 9.98. The molecule has 3 aromatic carbocycles. The van der Waals surface area contributed by atoms with Crippen molar-refractivity contribution in [1.29, 1.82) is 5.26 Å². The Balaban J connectivity index is 1.82. The molecule has 10 heteroatoms. The average Bonchev–Trinajstić information content (AvgIpc) is 3.02. The molecule has 1 unspecified atom stereocenters. The maximum Gasteiger partial charge on any atom is 0.335 e. The van der Waals surface area contributed by atoms with Crippen LogP contribution in [0.1, 0.15) is 29.3 Å². The van der Waals surface area contributed by atoms with Crippen LogP contribution in [0, 0.1) is 11.3 Å². The van der Waals surface area contributed by atoms with E-state index in [9.17, 15) is 20.0 Å². The smallest absolute Gasteiger partial charge is 0.335 e. The van der Waals surface area contributed by atoms with E-state index in [2.05, 4.69) is 11.4 Å². The van der Waals surface area contributed by atoms with E-state index in [0.29, 0.717) is 51.2 Å². The molecule has 2 N–H and O–H groups in total. The predicted molar refractivity (Wildman–Crippen MR) is 161 cm³/mol. The Bertz CT molecular complexity index is 1630. The summed E-state index contributed by atoms with van der Waals surface area (Å²) in [5.74, 6) is -0.152. The van der Waals surface area contributed by atoms with Crippen LogP contribution in [0.3, 0.4) is 0 Å². The zero-order valence-electron chi connectivity index (χ0n) is 23.5. The third kappa shape index (κ3) is 6.48. The SMILES string of the molecule is CCC(Sc1nc(-c2ccccc2)cc(-c2cc(OC)c(OC)c(OC)c2)c1C#N)C(=O)Nc1cccc(C(=O)O)c1. The van der Waals surface area contributed by atoms with Gasteiger partial charge in [0.15, 0.2) is 11.5 Å². The Kier molecular flexibility index (Phi) is 9.68. The minimum atomic E-state index is -1.09. The zero-order valence-corrected chi connectivity index (χ0v) is 24.3. The number of anilines is 1. The molecule has 0 bridgehead atoms. The number of nitrogens with zero attached hydrogens (tertiary/aromatic N) is 2. The van der Waals surface area contributed by atoms with Crippen molar-refractivity contribution in [2.24, 2.45) is 0 Å². The van der Waals surface area contributed by atoms with Gasteiger partial charge in [0, 0.05) is 16.8 Å². The summed E-state index contributed by atoms with van der Waals surface area (Å²) < 4.78 is 16.6. The Hall–Kier alpha value is -5.01. The van der Waals surface area contributed by atoms with Crippen LogP contribution in [0.15, 0.2) is 77.8 Å². The Morgan fingerprint density at radius 2 is 1.64 bits per heavy atom. The van der Waals surface area contributed by atoms with Crippen LogP contribution < -0.4 is 19.5 Å². The fraction of sp³-hybridized carbons (Fsp3) is 0.188. The Morgan fingerprint density at radius 1 is 0.952 bits per heavy atom. The van der Waals surface area contributed by atoms with Gasteiger partial charge < -0.3 is 24.6 Å². The summed E-state index contributed by atoms with van der Waals surface area (Å²) >= 11 is 1.17. The van der Waals surface area contributed by atoms with E-state index in [4.69, 9.17) is 19.2 Å². The van der Waals surface area contributed by atoms with Gasteiger partial charge >= 0.3 is 5.97 Å². The van der Waals surface area contributed by atoms with Gasteiger partial charge in [-0.25, -0.2) is 9.78 Å². The van der Waals surface area contributed by atoms with Gasteiger partial charge in [-0.3, -0.25) is 4.79 Å². The van der Waals surface area contributed by atoms with Crippen LogP contribution in [-0.4, -0.2) is 48.5 Å². The molecule has 42 heavy (non-hydrogen) atoms. The van der Waals surface area contributed by atoms with E-state index in [0.717, 1.165) is 5.56 Å². The molecule has 0 radical (unpaired) electrons. The maximum absolute atomic E-state index is 13.3. The first-order chi connectivity index (χ1) is 20.3. The second-order valence-corrected chi connectivity index (χ2v) is 10.2. The number of nitriles is 1. The molecule has 0 spiro atoms. The zero-order chi connectivity index (χ0) is 30.2. The van der Waals surface area contributed by atoms with Crippen molar-refractivity contribution in [3.63, 3.8) is 0 Å². The fourth-order valence-corrected chi connectivity index (χ4v) is 5.37. The summed E-state index contributed by atoms with van der Waals surface area (Å²) in [6.07, 6.45) is 0.427. The van der Waals surface area contributed by atoms with Crippen LogP contribution in [0.25, 0.3) is 22.4 Å². The largest absolute Gasteiger partial charge is 0.493 e. The first-order valence-electron chi connectivity index (χ1n) is 12.9. The highest BCUT2D eigenvalue weighted by molar-refractivity contribution is 8.00. The van der Waals surface area contributed by atoms with Crippen LogP contribution in [0.2, 0.25) is 0 Å². The molecule has 1 amide bonds. The molecule has 1 atom stereocenters. The monoisotopic (exact) mass is 583 g/mol.